The van der Waals surface area contributed by atoms with Crippen molar-refractivity contribution in [2.24, 2.45) is 0 Å². The van der Waals surface area contributed by atoms with Crippen LogP contribution < -0.4 is 0 Å². The van der Waals surface area contributed by atoms with Gasteiger partial charge in [-0.15, -0.1) is 0 Å². The maximum Gasteiger partial charge on any atom is -0.0178 e. The van der Waals surface area contributed by atoms with E-state index in [2.05, 4.69) is 92.7 Å². The van der Waals surface area contributed by atoms with Gasteiger partial charge in [0.2, 0.25) is 0 Å². The molecule has 3 aromatic carbocycles. The van der Waals surface area contributed by atoms with Gasteiger partial charge in [0.15, 0.2) is 0 Å². The normalized spacial score (nSPS) is 10.8. The molecule has 0 aliphatic rings. The average Bonchev–Trinajstić information content (AvgIpc) is 2.56. The van der Waals surface area contributed by atoms with E-state index in [0.717, 1.165) is 0 Å². The Morgan fingerprint density at radius 3 is 1.71 bits per heavy atom. The summed E-state index contributed by atoms with van der Waals surface area (Å²) in [6.07, 6.45) is 0. The summed E-state index contributed by atoms with van der Waals surface area (Å²) in [4.78, 5) is 0. The van der Waals surface area contributed by atoms with Crippen LogP contribution in [0, 0.1) is 0 Å². The topological polar surface area (TPSA) is 0 Å². The maximum atomic E-state index is 2.30. The van der Waals surface area contributed by atoms with Crippen LogP contribution in [-0.2, 0) is 0 Å². The van der Waals surface area contributed by atoms with Crippen molar-refractivity contribution in [3.8, 4) is 22.3 Å². The quantitative estimate of drug-likeness (QED) is 0.537. The van der Waals surface area contributed by atoms with Crippen LogP contribution in [0.15, 0.2) is 78.9 Å². The highest BCUT2D eigenvalue weighted by atomic mass is 14.1. The third-order valence-corrected chi connectivity index (χ3v) is 3.86. The second kappa shape index (κ2) is 5.97. The zero-order valence-electron chi connectivity index (χ0n) is 12.6. The van der Waals surface area contributed by atoms with E-state index in [0.29, 0.717) is 5.92 Å². The molecule has 0 aromatic heterocycles. The van der Waals surface area contributed by atoms with Crippen LogP contribution in [0.1, 0.15) is 25.3 Å². The van der Waals surface area contributed by atoms with Crippen LogP contribution in [0.5, 0.6) is 0 Å². The number of rotatable bonds is 3. The van der Waals surface area contributed by atoms with Crippen molar-refractivity contribution in [3.05, 3.63) is 84.4 Å². The smallest absolute Gasteiger partial charge is 0.0178 e. The lowest BCUT2D eigenvalue weighted by atomic mass is 9.95. The third-order valence-electron chi connectivity index (χ3n) is 3.86. The van der Waals surface area contributed by atoms with Crippen molar-refractivity contribution >= 4 is 0 Å². The zero-order chi connectivity index (χ0) is 14.7. The van der Waals surface area contributed by atoms with E-state index >= 15 is 0 Å². The van der Waals surface area contributed by atoms with E-state index in [1.165, 1.54) is 27.8 Å². The summed E-state index contributed by atoms with van der Waals surface area (Å²) in [5, 5.41) is 0. The van der Waals surface area contributed by atoms with Crippen LogP contribution in [-0.4, -0.2) is 0 Å². The van der Waals surface area contributed by atoms with Gasteiger partial charge in [0.05, 0.1) is 0 Å². The molecule has 0 unspecified atom stereocenters. The monoisotopic (exact) mass is 272 g/mol. The molecular formula is C21H20. The minimum absolute atomic E-state index is 0.558. The average molecular weight is 272 g/mol. The molecule has 3 rings (SSSR count). The molecule has 0 spiro atoms. The van der Waals surface area contributed by atoms with Gasteiger partial charge in [-0.2, -0.15) is 0 Å². The van der Waals surface area contributed by atoms with Gasteiger partial charge in [-0.25, -0.2) is 0 Å². The molecular weight excluding hydrogens is 252 g/mol. The Balaban J connectivity index is 2.02. The molecule has 0 amide bonds. The largest absolute Gasteiger partial charge is 0.0622 e. The molecule has 0 radical (unpaired) electrons. The van der Waals surface area contributed by atoms with Gasteiger partial charge >= 0.3 is 0 Å². The van der Waals surface area contributed by atoms with Gasteiger partial charge in [0, 0.05) is 0 Å². The lowest BCUT2D eigenvalue weighted by molar-refractivity contribution is 0.867. The van der Waals surface area contributed by atoms with Crippen LogP contribution >= 0.6 is 0 Å². The van der Waals surface area contributed by atoms with E-state index < -0.39 is 0 Å². The highest BCUT2D eigenvalue weighted by molar-refractivity contribution is 5.73. The Morgan fingerprint density at radius 1 is 0.524 bits per heavy atom. The van der Waals surface area contributed by atoms with E-state index in [1.54, 1.807) is 0 Å². The molecule has 3 aromatic rings. The predicted octanol–water partition coefficient (Wildman–Crippen LogP) is 6.14. The number of hydrogen-bond acceptors (Lipinski definition) is 0. The summed E-state index contributed by atoms with van der Waals surface area (Å²) >= 11 is 0. The second-order valence-electron chi connectivity index (χ2n) is 5.73. The summed E-state index contributed by atoms with van der Waals surface area (Å²) in [6.45, 7) is 4.47. The van der Waals surface area contributed by atoms with E-state index in [-0.39, 0.29) is 0 Å². The highest BCUT2D eigenvalue weighted by Gasteiger charge is 2.04. The Kier molecular flexibility index (Phi) is 3.87. The fourth-order valence-electron chi connectivity index (χ4n) is 2.59. The maximum absolute atomic E-state index is 2.30. The molecule has 0 heteroatoms. The zero-order valence-corrected chi connectivity index (χ0v) is 12.6. The summed E-state index contributed by atoms with van der Waals surface area (Å²) in [6, 6.07) is 28.2. The van der Waals surface area contributed by atoms with Crippen LogP contribution in [0.4, 0.5) is 0 Å². The van der Waals surface area contributed by atoms with Crippen LogP contribution in [0.3, 0.4) is 0 Å². The van der Waals surface area contributed by atoms with Gasteiger partial charge in [-0.05, 0) is 39.8 Å². The Hall–Kier alpha value is -2.34. The minimum atomic E-state index is 0.558. The van der Waals surface area contributed by atoms with Gasteiger partial charge in [0.25, 0.3) is 0 Å². The van der Waals surface area contributed by atoms with Crippen molar-refractivity contribution in [2.45, 2.75) is 19.8 Å². The van der Waals surface area contributed by atoms with Gasteiger partial charge in [0.1, 0.15) is 0 Å². The minimum Gasteiger partial charge on any atom is -0.0622 e. The van der Waals surface area contributed by atoms with Crippen LogP contribution in [0.25, 0.3) is 22.3 Å². The standard InChI is InChI=1S/C21H20/c1-16(2)18-10-6-12-20(14-18)21-13-7-11-19(15-21)17-8-4-3-5-9-17/h3-16H,1-2H3. The lowest BCUT2D eigenvalue weighted by Crippen LogP contribution is -1.88. The van der Waals surface area contributed by atoms with Crippen molar-refractivity contribution in [1.29, 1.82) is 0 Å². The molecule has 0 atom stereocenters. The molecule has 0 nitrogen and oxygen atoms in total. The first-order valence-corrected chi connectivity index (χ1v) is 7.50. The third kappa shape index (κ3) is 3.05. The Labute approximate surface area is 127 Å². The molecule has 0 fully saturated rings. The molecule has 104 valence electrons. The first-order valence-electron chi connectivity index (χ1n) is 7.50. The highest BCUT2D eigenvalue weighted by Crippen LogP contribution is 2.28. The van der Waals surface area contributed by atoms with Crippen molar-refractivity contribution in [1.82, 2.24) is 0 Å². The number of benzene rings is 3. The first-order chi connectivity index (χ1) is 10.2. The van der Waals surface area contributed by atoms with Crippen LogP contribution in [0.2, 0.25) is 0 Å². The molecule has 0 aliphatic heterocycles. The fraction of sp³-hybridized carbons (Fsp3) is 0.143. The second-order valence-corrected chi connectivity index (χ2v) is 5.73. The molecule has 0 saturated carbocycles. The summed E-state index contributed by atoms with van der Waals surface area (Å²) in [5.74, 6) is 0.558. The SMILES string of the molecule is CC(C)c1cccc(-c2cccc(-c3ccccc3)c2)c1. The summed E-state index contributed by atoms with van der Waals surface area (Å²) in [7, 11) is 0. The van der Waals surface area contributed by atoms with E-state index in [9.17, 15) is 0 Å². The van der Waals surface area contributed by atoms with Crippen molar-refractivity contribution in [3.63, 3.8) is 0 Å². The van der Waals surface area contributed by atoms with Crippen molar-refractivity contribution in [2.75, 3.05) is 0 Å². The molecule has 0 bridgehead atoms. The molecule has 21 heavy (non-hydrogen) atoms. The molecule has 0 N–H and O–H groups in total. The van der Waals surface area contributed by atoms with E-state index in [4.69, 9.17) is 0 Å². The fourth-order valence-corrected chi connectivity index (χ4v) is 2.59. The number of hydrogen-bond donors (Lipinski definition) is 0. The molecule has 0 heterocycles. The lowest BCUT2D eigenvalue weighted by Gasteiger charge is -2.10. The van der Waals surface area contributed by atoms with E-state index in [1.807, 2.05) is 0 Å². The summed E-state index contributed by atoms with van der Waals surface area (Å²) < 4.78 is 0. The molecule has 0 saturated heterocycles. The molecule has 0 aliphatic carbocycles. The van der Waals surface area contributed by atoms with Gasteiger partial charge < -0.3 is 0 Å². The van der Waals surface area contributed by atoms with Gasteiger partial charge in [-0.1, -0.05) is 86.6 Å². The predicted molar refractivity (Wildman–Crippen MR) is 91.4 cm³/mol. The van der Waals surface area contributed by atoms with Crippen molar-refractivity contribution < 1.29 is 0 Å². The van der Waals surface area contributed by atoms with Gasteiger partial charge in [-0.3, -0.25) is 0 Å². The Morgan fingerprint density at radius 2 is 1.05 bits per heavy atom. The summed E-state index contributed by atoms with van der Waals surface area (Å²) in [5.41, 5.74) is 6.48. The Bertz CT molecular complexity index is 724. The first kappa shape index (κ1) is 13.6.